The number of likely N-dealkylation sites (N-methyl/N-ethyl adjacent to an activating group) is 1. The quantitative estimate of drug-likeness (QED) is 0.731. The molecule has 1 aliphatic rings. The summed E-state index contributed by atoms with van der Waals surface area (Å²) in [5.41, 5.74) is 0. The number of carboxylic acids is 1. The van der Waals surface area contributed by atoms with Crippen LogP contribution in [0.15, 0.2) is 0 Å². The van der Waals surface area contributed by atoms with Gasteiger partial charge in [0, 0.05) is 19.2 Å². The summed E-state index contributed by atoms with van der Waals surface area (Å²) >= 11 is 0. The van der Waals surface area contributed by atoms with Gasteiger partial charge >= 0.3 is 5.97 Å². The van der Waals surface area contributed by atoms with Gasteiger partial charge in [0.25, 0.3) is 0 Å². The zero-order chi connectivity index (χ0) is 10.6. The maximum atomic E-state index is 10.7. The molecule has 0 aromatic carbocycles. The number of rotatable bonds is 4. The molecule has 1 fully saturated rings. The second-order valence-electron chi connectivity index (χ2n) is 4.05. The van der Waals surface area contributed by atoms with Gasteiger partial charge in [-0.1, -0.05) is 6.92 Å². The second kappa shape index (κ2) is 5.32. The number of aliphatic carboxylic acids is 1. The lowest BCUT2D eigenvalue weighted by atomic mass is 10.1. The first kappa shape index (κ1) is 11.5. The van der Waals surface area contributed by atoms with Gasteiger partial charge in [-0.3, -0.25) is 4.79 Å². The number of nitrogens with zero attached hydrogens (tertiary/aromatic N) is 1. The van der Waals surface area contributed by atoms with E-state index in [-0.39, 0.29) is 5.92 Å². The molecule has 2 atom stereocenters. The first-order chi connectivity index (χ1) is 6.61. The molecule has 14 heavy (non-hydrogen) atoms. The van der Waals surface area contributed by atoms with Gasteiger partial charge < -0.3 is 14.7 Å². The highest BCUT2D eigenvalue weighted by Crippen LogP contribution is 2.13. The van der Waals surface area contributed by atoms with E-state index < -0.39 is 5.97 Å². The van der Waals surface area contributed by atoms with Crippen molar-refractivity contribution in [1.82, 2.24) is 4.90 Å². The number of hydrogen-bond acceptors (Lipinski definition) is 3. The summed E-state index contributed by atoms with van der Waals surface area (Å²) < 4.78 is 5.36. The van der Waals surface area contributed by atoms with Crippen molar-refractivity contribution in [3.8, 4) is 0 Å². The van der Waals surface area contributed by atoms with Crippen LogP contribution < -0.4 is 0 Å². The van der Waals surface area contributed by atoms with Crippen LogP contribution in [0.5, 0.6) is 0 Å². The van der Waals surface area contributed by atoms with Gasteiger partial charge in [-0.05, 0) is 19.9 Å². The minimum Gasteiger partial charge on any atom is -0.481 e. The molecule has 0 aromatic rings. The zero-order valence-electron chi connectivity index (χ0n) is 8.90. The summed E-state index contributed by atoms with van der Waals surface area (Å²) in [5, 5.41) is 8.77. The van der Waals surface area contributed by atoms with Gasteiger partial charge in [0.05, 0.1) is 12.5 Å². The minimum absolute atomic E-state index is 0.304. The molecule has 1 saturated heterocycles. The van der Waals surface area contributed by atoms with Gasteiger partial charge in [0.2, 0.25) is 0 Å². The first-order valence-electron chi connectivity index (χ1n) is 5.12. The predicted molar refractivity (Wildman–Crippen MR) is 53.3 cm³/mol. The molecule has 0 saturated carbocycles. The molecule has 0 amide bonds. The SMILES string of the molecule is CC(CN(C)C1CCCOC1)C(=O)O. The molecule has 0 aliphatic carbocycles. The molecule has 1 aliphatic heterocycles. The fraction of sp³-hybridized carbons (Fsp3) is 0.900. The lowest BCUT2D eigenvalue weighted by Crippen LogP contribution is -2.41. The highest BCUT2D eigenvalue weighted by Gasteiger charge is 2.22. The van der Waals surface area contributed by atoms with Gasteiger partial charge in [0.1, 0.15) is 0 Å². The molecule has 4 heteroatoms. The Hall–Kier alpha value is -0.610. The number of carbonyl (C=O) groups is 1. The van der Waals surface area contributed by atoms with Crippen LogP contribution in [0.2, 0.25) is 0 Å². The Morgan fingerprint density at radius 3 is 2.93 bits per heavy atom. The van der Waals surface area contributed by atoms with Crippen LogP contribution in [0, 0.1) is 5.92 Å². The van der Waals surface area contributed by atoms with Gasteiger partial charge in [-0.15, -0.1) is 0 Å². The third-order valence-electron chi connectivity index (χ3n) is 2.74. The van der Waals surface area contributed by atoms with Crippen molar-refractivity contribution in [3.63, 3.8) is 0 Å². The van der Waals surface area contributed by atoms with Gasteiger partial charge in [0.15, 0.2) is 0 Å². The van der Waals surface area contributed by atoms with E-state index in [4.69, 9.17) is 9.84 Å². The lowest BCUT2D eigenvalue weighted by Gasteiger charge is -2.31. The van der Waals surface area contributed by atoms with Crippen LogP contribution in [0.4, 0.5) is 0 Å². The Kier molecular flexibility index (Phi) is 4.35. The van der Waals surface area contributed by atoms with E-state index in [1.807, 2.05) is 7.05 Å². The van der Waals surface area contributed by atoms with Crippen LogP contribution in [-0.4, -0.2) is 48.8 Å². The van der Waals surface area contributed by atoms with Crippen molar-refractivity contribution in [2.45, 2.75) is 25.8 Å². The van der Waals surface area contributed by atoms with Crippen LogP contribution in [0.1, 0.15) is 19.8 Å². The maximum Gasteiger partial charge on any atom is 0.307 e. The predicted octanol–water partition coefficient (Wildman–Crippen LogP) is 0.818. The molecule has 1 N–H and O–H groups in total. The van der Waals surface area contributed by atoms with E-state index in [1.165, 1.54) is 0 Å². The van der Waals surface area contributed by atoms with Crippen LogP contribution in [-0.2, 0) is 9.53 Å². The Labute approximate surface area is 84.8 Å². The normalized spacial score (nSPS) is 24.9. The van der Waals surface area contributed by atoms with E-state index in [2.05, 4.69) is 4.90 Å². The second-order valence-corrected chi connectivity index (χ2v) is 4.05. The van der Waals surface area contributed by atoms with Crippen molar-refractivity contribution < 1.29 is 14.6 Å². The molecule has 1 rings (SSSR count). The minimum atomic E-state index is -0.728. The van der Waals surface area contributed by atoms with Gasteiger partial charge in [-0.25, -0.2) is 0 Å². The number of hydrogen-bond donors (Lipinski definition) is 1. The number of ether oxygens (including phenoxy) is 1. The van der Waals surface area contributed by atoms with E-state index in [0.717, 1.165) is 26.1 Å². The summed E-state index contributed by atoms with van der Waals surface area (Å²) in [6.45, 7) is 3.92. The molecular weight excluding hydrogens is 182 g/mol. The highest BCUT2D eigenvalue weighted by atomic mass is 16.5. The summed E-state index contributed by atoms with van der Waals surface area (Å²) in [6, 6.07) is 0.394. The Morgan fingerprint density at radius 2 is 2.43 bits per heavy atom. The smallest absolute Gasteiger partial charge is 0.307 e. The van der Waals surface area contributed by atoms with E-state index in [1.54, 1.807) is 6.92 Å². The Bertz CT molecular complexity index is 190. The maximum absolute atomic E-state index is 10.7. The molecule has 0 bridgehead atoms. The van der Waals surface area contributed by atoms with Crippen molar-refractivity contribution in [2.75, 3.05) is 26.8 Å². The van der Waals surface area contributed by atoms with Crippen molar-refractivity contribution in [2.24, 2.45) is 5.92 Å². The largest absolute Gasteiger partial charge is 0.481 e. The van der Waals surface area contributed by atoms with Crippen LogP contribution in [0.25, 0.3) is 0 Å². The molecule has 82 valence electrons. The standard InChI is InChI=1S/C10H19NO3/c1-8(10(12)13)6-11(2)9-4-3-5-14-7-9/h8-9H,3-7H2,1-2H3,(H,12,13). The third kappa shape index (κ3) is 3.27. The lowest BCUT2D eigenvalue weighted by molar-refractivity contribution is -0.142. The molecule has 1 heterocycles. The summed E-state index contributed by atoms with van der Waals surface area (Å²) in [4.78, 5) is 12.8. The summed E-state index contributed by atoms with van der Waals surface area (Å²) in [5.74, 6) is -1.03. The monoisotopic (exact) mass is 201 g/mol. The topological polar surface area (TPSA) is 49.8 Å². The Balaban J connectivity index is 2.32. The van der Waals surface area contributed by atoms with E-state index in [9.17, 15) is 4.79 Å². The van der Waals surface area contributed by atoms with Crippen molar-refractivity contribution >= 4 is 5.97 Å². The average Bonchev–Trinajstić information content (AvgIpc) is 2.19. The zero-order valence-corrected chi connectivity index (χ0v) is 8.90. The summed E-state index contributed by atoms with van der Waals surface area (Å²) in [6.07, 6.45) is 2.19. The number of carboxylic acid groups (broad SMARTS) is 1. The fourth-order valence-corrected chi connectivity index (χ4v) is 1.73. The Morgan fingerprint density at radius 1 is 1.71 bits per heavy atom. The molecule has 4 nitrogen and oxygen atoms in total. The van der Waals surface area contributed by atoms with E-state index >= 15 is 0 Å². The van der Waals surface area contributed by atoms with Gasteiger partial charge in [-0.2, -0.15) is 0 Å². The van der Waals surface area contributed by atoms with Crippen molar-refractivity contribution in [3.05, 3.63) is 0 Å². The molecule has 0 aromatic heterocycles. The van der Waals surface area contributed by atoms with Crippen molar-refractivity contribution in [1.29, 1.82) is 0 Å². The van der Waals surface area contributed by atoms with Crippen LogP contribution >= 0.6 is 0 Å². The third-order valence-corrected chi connectivity index (χ3v) is 2.74. The molecular formula is C10H19NO3. The average molecular weight is 201 g/mol. The molecule has 0 spiro atoms. The molecule has 2 unspecified atom stereocenters. The summed E-state index contributed by atoms with van der Waals surface area (Å²) in [7, 11) is 1.97. The fourth-order valence-electron chi connectivity index (χ4n) is 1.73. The highest BCUT2D eigenvalue weighted by molar-refractivity contribution is 5.69. The van der Waals surface area contributed by atoms with E-state index in [0.29, 0.717) is 12.6 Å². The first-order valence-corrected chi connectivity index (χ1v) is 5.12. The van der Waals surface area contributed by atoms with Crippen LogP contribution in [0.3, 0.4) is 0 Å². The molecule has 0 radical (unpaired) electrons.